The van der Waals surface area contributed by atoms with Crippen molar-refractivity contribution in [3.05, 3.63) is 65.0 Å². The molecule has 2 aliphatic heterocycles. The van der Waals surface area contributed by atoms with E-state index in [1.807, 2.05) is 61.5 Å². The summed E-state index contributed by atoms with van der Waals surface area (Å²) in [6, 6.07) is 17.0. The average Bonchev–Trinajstić information content (AvgIpc) is 3.55. The molecule has 8 nitrogen and oxygen atoms in total. The molecule has 0 aliphatic carbocycles. The van der Waals surface area contributed by atoms with E-state index in [9.17, 15) is 9.59 Å². The van der Waals surface area contributed by atoms with Gasteiger partial charge in [-0.1, -0.05) is 36.4 Å². The Morgan fingerprint density at radius 1 is 1.06 bits per heavy atom. The summed E-state index contributed by atoms with van der Waals surface area (Å²) in [5, 5.41) is 3.86. The van der Waals surface area contributed by atoms with Crippen LogP contribution < -0.4 is 19.7 Å². The van der Waals surface area contributed by atoms with Crippen LogP contribution in [0.15, 0.2) is 54.6 Å². The van der Waals surface area contributed by atoms with Crippen molar-refractivity contribution in [1.29, 1.82) is 0 Å². The summed E-state index contributed by atoms with van der Waals surface area (Å²) in [4.78, 5) is 28.0. The minimum atomic E-state index is -0.516. The Balaban J connectivity index is 1.24. The number of amides is 1. The summed E-state index contributed by atoms with van der Waals surface area (Å²) in [6.45, 7) is 4.50. The van der Waals surface area contributed by atoms with Gasteiger partial charge >= 0.3 is 5.97 Å². The van der Waals surface area contributed by atoms with E-state index in [2.05, 4.69) is 10.2 Å². The lowest BCUT2D eigenvalue weighted by Crippen LogP contribution is -2.35. The van der Waals surface area contributed by atoms with Gasteiger partial charge in [0.15, 0.2) is 18.1 Å². The standard InChI is InChI=1S/C26H26N2O6S/c1-17(19-7-8-21-22(13-19)34-16-33-21)27-24(29)15-32-26(30)23-14-20(18-5-3-2-4-6-18)25(35-23)28-9-11-31-12-10-28/h2-8,13-14,17H,9-12,15-16H2,1H3,(H,27,29). The summed E-state index contributed by atoms with van der Waals surface area (Å²) in [6.07, 6.45) is 0. The van der Waals surface area contributed by atoms with Gasteiger partial charge < -0.3 is 29.2 Å². The number of morpholine rings is 1. The van der Waals surface area contributed by atoms with Gasteiger partial charge in [0.05, 0.1) is 24.3 Å². The summed E-state index contributed by atoms with van der Waals surface area (Å²) >= 11 is 1.38. The third-order valence-electron chi connectivity index (χ3n) is 5.91. The van der Waals surface area contributed by atoms with Gasteiger partial charge in [0, 0.05) is 18.7 Å². The maximum atomic E-state index is 12.8. The number of hydrogen-bond acceptors (Lipinski definition) is 8. The molecule has 0 bridgehead atoms. The van der Waals surface area contributed by atoms with Crippen molar-refractivity contribution in [3.8, 4) is 22.6 Å². The molecule has 3 aromatic rings. The molecule has 1 fully saturated rings. The Hall–Kier alpha value is -3.56. The van der Waals surface area contributed by atoms with Crippen LogP contribution in [0.5, 0.6) is 11.5 Å². The Bertz CT molecular complexity index is 1210. The SMILES string of the molecule is CC(NC(=O)COC(=O)c1cc(-c2ccccc2)c(N2CCOCC2)s1)c1ccc2c(c1)OCO2. The molecule has 1 N–H and O–H groups in total. The number of nitrogens with one attached hydrogen (secondary N) is 1. The number of ether oxygens (including phenoxy) is 4. The number of hydrogen-bond donors (Lipinski definition) is 1. The zero-order valence-corrected chi connectivity index (χ0v) is 20.1. The lowest BCUT2D eigenvalue weighted by atomic mass is 10.1. The van der Waals surface area contributed by atoms with E-state index in [4.69, 9.17) is 18.9 Å². The summed E-state index contributed by atoms with van der Waals surface area (Å²) in [5.74, 6) is 0.441. The van der Waals surface area contributed by atoms with Gasteiger partial charge in [0.2, 0.25) is 6.79 Å². The van der Waals surface area contributed by atoms with E-state index in [-0.39, 0.29) is 25.3 Å². The molecule has 0 spiro atoms. The average molecular weight is 495 g/mol. The molecule has 1 unspecified atom stereocenters. The Labute approximate surface area is 207 Å². The van der Waals surface area contributed by atoms with Crippen LogP contribution in [-0.4, -0.2) is 51.6 Å². The van der Waals surface area contributed by atoms with Crippen LogP contribution in [0.3, 0.4) is 0 Å². The van der Waals surface area contributed by atoms with E-state index in [0.717, 1.165) is 34.8 Å². The monoisotopic (exact) mass is 494 g/mol. The van der Waals surface area contributed by atoms with Crippen molar-refractivity contribution < 1.29 is 28.5 Å². The first kappa shape index (κ1) is 23.2. The van der Waals surface area contributed by atoms with E-state index in [1.165, 1.54) is 11.3 Å². The fourth-order valence-electron chi connectivity index (χ4n) is 4.06. The number of carbonyl (C=O) groups excluding carboxylic acids is 2. The normalized spacial score (nSPS) is 15.5. The number of fused-ring (bicyclic) bond motifs is 1. The minimum absolute atomic E-state index is 0.192. The van der Waals surface area contributed by atoms with Crippen molar-refractivity contribution in [3.63, 3.8) is 0 Å². The van der Waals surface area contributed by atoms with E-state index in [0.29, 0.717) is 29.6 Å². The Morgan fingerprint density at radius 3 is 2.63 bits per heavy atom. The maximum Gasteiger partial charge on any atom is 0.348 e. The second-order valence-corrected chi connectivity index (χ2v) is 9.30. The molecule has 2 aliphatic rings. The number of anilines is 1. The fraction of sp³-hybridized carbons (Fsp3) is 0.308. The summed E-state index contributed by atoms with van der Waals surface area (Å²) in [5.41, 5.74) is 2.87. The number of rotatable bonds is 7. The van der Waals surface area contributed by atoms with Crippen molar-refractivity contribution in [2.45, 2.75) is 13.0 Å². The van der Waals surface area contributed by atoms with Crippen LogP contribution >= 0.6 is 11.3 Å². The molecule has 5 rings (SSSR count). The second kappa shape index (κ2) is 10.4. The van der Waals surface area contributed by atoms with Crippen LogP contribution in [0, 0.1) is 0 Å². The van der Waals surface area contributed by atoms with Gasteiger partial charge in [-0.3, -0.25) is 4.79 Å². The fourth-order valence-corrected chi connectivity index (χ4v) is 5.18. The molecular formula is C26H26N2O6S. The molecule has 1 saturated heterocycles. The number of thiophene rings is 1. The van der Waals surface area contributed by atoms with Crippen LogP contribution in [0.25, 0.3) is 11.1 Å². The van der Waals surface area contributed by atoms with Crippen LogP contribution in [-0.2, 0) is 14.3 Å². The van der Waals surface area contributed by atoms with Crippen LogP contribution in [0.4, 0.5) is 5.00 Å². The van der Waals surface area contributed by atoms with E-state index < -0.39 is 5.97 Å². The van der Waals surface area contributed by atoms with Gasteiger partial charge in [-0.25, -0.2) is 4.79 Å². The Kier molecular flexibility index (Phi) is 6.87. The van der Waals surface area contributed by atoms with Crippen molar-refractivity contribution in [2.24, 2.45) is 0 Å². The largest absolute Gasteiger partial charge is 0.454 e. The van der Waals surface area contributed by atoms with Crippen molar-refractivity contribution in [2.75, 3.05) is 44.6 Å². The first-order chi connectivity index (χ1) is 17.1. The smallest absolute Gasteiger partial charge is 0.348 e. The zero-order valence-electron chi connectivity index (χ0n) is 19.3. The zero-order chi connectivity index (χ0) is 24.2. The molecule has 1 amide bonds. The summed E-state index contributed by atoms with van der Waals surface area (Å²) < 4.78 is 21.6. The highest BCUT2D eigenvalue weighted by Gasteiger charge is 2.23. The number of benzene rings is 2. The first-order valence-corrected chi connectivity index (χ1v) is 12.3. The minimum Gasteiger partial charge on any atom is -0.454 e. The van der Waals surface area contributed by atoms with E-state index >= 15 is 0 Å². The first-order valence-electron chi connectivity index (χ1n) is 11.5. The molecule has 182 valence electrons. The third-order valence-corrected chi connectivity index (χ3v) is 7.08. The highest BCUT2D eigenvalue weighted by atomic mass is 32.1. The molecule has 1 aromatic heterocycles. The quantitative estimate of drug-likeness (QED) is 0.497. The molecule has 35 heavy (non-hydrogen) atoms. The molecule has 3 heterocycles. The van der Waals surface area contributed by atoms with Crippen molar-refractivity contribution in [1.82, 2.24) is 5.32 Å². The molecule has 0 saturated carbocycles. The lowest BCUT2D eigenvalue weighted by Gasteiger charge is -2.28. The van der Waals surface area contributed by atoms with Crippen molar-refractivity contribution >= 4 is 28.2 Å². The number of esters is 1. The molecule has 0 radical (unpaired) electrons. The topological polar surface area (TPSA) is 86.3 Å². The highest BCUT2D eigenvalue weighted by Crippen LogP contribution is 2.39. The predicted molar refractivity (Wildman–Crippen MR) is 132 cm³/mol. The maximum absolute atomic E-state index is 12.8. The van der Waals surface area contributed by atoms with Gasteiger partial charge in [-0.05, 0) is 36.2 Å². The van der Waals surface area contributed by atoms with Crippen LogP contribution in [0.1, 0.15) is 28.2 Å². The molecule has 1 atom stereocenters. The third kappa shape index (κ3) is 5.26. The summed E-state index contributed by atoms with van der Waals surface area (Å²) in [7, 11) is 0. The van der Waals surface area contributed by atoms with Gasteiger partial charge in [-0.15, -0.1) is 11.3 Å². The van der Waals surface area contributed by atoms with Gasteiger partial charge in [0.1, 0.15) is 4.88 Å². The molecule has 2 aromatic carbocycles. The van der Waals surface area contributed by atoms with E-state index in [1.54, 1.807) is 0 Å². The van der Waals surface area contributed by atoms with Gasteiger partial charge in [0.25, 0.3) is 5.91 Å². The number of nitrogens with zero attached hydrogens (tertiary/aromatic N) is 1. The second-order valence-electron chi connectivity index (χ2n) is 8.27. The van der Waals surface area contributed by atoms with Gasteiger partial charge in [-0.2, -0.15) is 0 Å². The molecular weight excluding hydrogens is 468 g/mol. The van der Waals surface area contributed by atoms with Crippen LogP contribution in [0.2, 0.25) is 0 Å². The Morgan fingerprint density at radius 2 is 1.83 bits per heavy atom. The highest BCUT2D eigenvalue weighted by molar-refractivity contribution is 7.18. The molecule has 9 heteroatoms. The number of carbonyl (C=O) groups is 2. The predicted octanol–water partition coefficient (Wildman–Crippen LogP) is 4.01. The lowest BCUT2D eigenvalue weighted by molar-refractivity contribution is -0.124.